The molecule has 11 nitrogen and oxygen atoms in total. The Morgan fingerprint density at radius 3 is 2.41 bits per heavy atom. The lowest BCUT2D eigenvalue weighted by Crippen LogP contribution is -2.61. The third-order valence-electron chi connectivity index (χ3n) is 11.0. The van der Waals surface area contributed by atoms with Crippen molar-refractivity contribution in [3.05, 3.63) is 0 Å². The van der Waals surface area contributed by atoms with Crippen LogP contribution in [0.25, 0.3) is 0 Å². The first kappa shape index (κ1) is 28.3. The van der Waals surface area contributed by atoms with E-state index in [0.29, 0.717) is 26.1 Å². The van der Waals surface area contributed by atoms with E-state index in [1.165, 1.54) is 0 Å². The molecule has 11 heteroatoms. The number of amides is 5. The molecular formula is C30H44N6O5. The summed E-state index contributed by atoms with van der Waals surface area (Å²) in [6.45, 7) is 12.2. The van der Waals surface area contributed by atoms with Crippen molar-refractivity contribution >= 4 is 23.8 Å². The van der Waals surface area contributed by atoms with Gasteiger partial charge in [0.05, 0.1) is 24.8 Å². The molecule has 0 bridgehead atoms. The number of urea groups is 1. The molecule has 0 aromatic heterocycles. The number of hydrogen-bond donors (Lipinski definition) is 3. The Balaban J connectivity index is 1.15. The van der Waals surface area contributed by atoms with Crippen molar-refractivity contribution in [2.45, 2.75) is 102 Å². The van der Waals surface area contributed by atoms with Crippen LogP contribution in [0.3, 0.4) is 0 Å². The minimum atomic E-state index is -0.826. The number of nitrogens with one attached hydrogen (secondary N) is 3. The van der Waals surface area contributed by atoms with E-state index in [-0.39, 0.29) is 64.5 Å². The summed E-state index contributed by atoms with van der Waals surface area (Å²) in [5.74, 6) is -0.837. The van der Waals surface area contributed by atoms with Crippen molar-refractivity contribution in [1.29, 1.82) is 5.26 Å². The first-order chi connectivity index (χ1) is 19.2. The maximum atomic E-state index is 14.2. The second-order valence-electron chi connectivity index (χ2n) is 15.2. The summed E-state index contributed by atoms with van der Waals surface area (Å²) >= 11 is 0. The number of carbonyl (C=O) groups is 4. The van der Waals surface area contributed by atoms with E-state index in [4.69, 9.17) is 4.74 Å². The van der Waals surface area contributed by atoms with Crippen LogP contribution in [-0.2, 0) is 19.1 Å². The molecule has 224 valence electrons. The van der Waals surface area contributed by atoms with E-state index in [1.54, 1.807) is 9.80 Å². The number of rotatable bonds is 6. The molecule has 0 radical (unpaired) electrons. The predicted molar refractivity (Wildman–Crippen MR) is 148 cm³/mol. The Bertz CT molecular complexity index is 1190. The van der Waals surface area contributed by atoms with Gasteiger partial charge in [0, 0.05) is 31.0 Å². The van der Waals surface area contributed by atoms with Crippen molar-refractivity contribution in [3.8, 4) is 6.07 Å². The van der Waals surface area contributed by atoms with Gasteiger partial charge in [0.25, 0.3) is 0 Å². The van der Waals surface area contributed by atoms with E-state index in [2.05, 4.69) is 35.9 Å². The molecule has 0 aromatic rings. The Morgan fingerprint density at radius 2 is 1.88 bits per heavy atom. The van der Waals surface area contributed by atoms with Gasteiger partial charge in [-0.05, 0) is 54.8 Å². The van der Waals surface area contributed by atoms with Crippen LogP contribution in [0.4, 0.5) is 4.79 Å². The van der Waals surface area contributed by atoms with E-state index < -0.39 is 23.5 Å². The fraction of sp³-hybridized carbons (Fsp3) is 0.833. The van der Waals surface area contributed by atoms with Crippen LogP contribution in [0.2, 0.25) is 0 Å². The maximum absolute atomic E-state index is 14.2. The summed E-state index contributed by atoms with van der Waals surface area (Å²) in [6.07, 6.45) is 4.63. The largest absolute Gasteiger partial charge is 0.373 e. The number of ether oxygens (including phenoxy) is 1. The zero-order valence-corrected chi connectivity index (χ0v) is 24.9. The number of piperidine rings is 1. The molecule has 2 aliphatic carbocycles. The van der Waals surface area contributed by atoms with Gasteiger partial charge in [-0.25, -0.2) is 4.79 Å². The minimum absolute atomic E-state index is 0.0270. The van der Waals surface area contributed by atoms with Gasteiger partial charge in [0.15, 0.2) is 0 Å². The smallest absolute Gasteiger partial charge is 0.318 e. The molecule has 1 unspecified atom stereocenters. The fourth-order valence-corrected chi connectivity index (χ4v) is 7.91. The van der Waals surface area contributed by atoms with Gasteiger partial charge in [-0.3, -0.25) is 14.4 Å². The third kappa shape index (κ3) is 4.86. The topological polar surface area (TPSA) is 144 Å². The summed E-state index contributed by atoms with van der Waals surface area (Å²) in [5.41, 5.74) is -1.03. The number of fused-ring (bicyclic) bond motifs is 1. The maximum Gasteiger partial charge on any atom is 0.318 e. The zero-order chi connectivity index (χ0) is 29.5. The number of carbonyl (C=O) groups excluding carboxylic acids is 4. The molecule has 3 N–H and O–H groups in total. The zero-order valence-electron chi connectivity index (χ0n) is 24.9. The normalized spacial score (nSPS) is 35.3. The van der Waals surface area contributed by atoms with Crippen molar-refractivity contribution in [2.24, 2.45) is 28.6 Å². The van der Waals surface area contributed by atoms with Gasteiger partial charge >= 0.3 is 6.03 Å². The Hall–Kier alpha value is -2.87. The number of hydrogen-bond acceptors (Lipinski definition) is 6. The van der Waals surface area contributed by atoms with Gasteiger partial charge in [0.1, 0.15) is 18.1 Å². The highest BCUT2D eigenvalue weighted by Crippen LogP contribution is 2.65. The average Bonchev–Trinajstić information content (AvgIpc) is 3.45. The number of nitriles is 1. The van der Waals surface area contributed by atoms with E-state index in [1.807, 2.05) is 20.8 Å². The highest BCUT2D eigenvalue weighted by atomic mass is 16.5. The second-order valence-corrected chi connectivity index (χ2v) is 15.2. The molecule has 4 heterocycles. The molecule has 2 saturated carbocycles. The highest BCUT2D eigenvalue weighted by molar-refractivity contribution is 5.94. The van der Waals surface area contributed by atoms with Crippen LogP contribution < -0.4 is 16.0 Å². The average molecular weight is 569 g/mol. The molecule has 4 aliphatic heterocycles. The molecule has 2 spiro atoms. The fourth-order valence-electron chi connectivity index (χ4n) is 7.91. The molecule has 4 saturated heterocycles. The van der Waals surface area contributed by atoms with Gasteiger partial charge in [-0.2, -0.15) is 5.26 Å². The van der Waals surface area contributed by atoms with Crippen LogP contribution in [0.1, 0.15) is 73.1 Å². The van der Waals surface area contributed by atoms with Crippen LogP contribution >= 0.6 is 0 Å². The third-order valence-corrected chi connectivity index (χ3v) is 11.0. The SMILES string of the molecule is CC(C)(C)[C@H](NC(=O)N1CCC2(CCO2)C1)C(=O)N1C[C@H]2[C@@H]([C@H]1C(=O)N[C@H](C#N)C[C@@H]1CC3(CC3)NC1=O)C2(C)C. The summed E-state index contributed by atoms with van der Waals surface area (Å²) in [4.78, 5) is 57.1. The van der Waals surface area contributed by atoms with Crippen LogP contribution in [0.5, 0.6) is 0 Å². The molecule has 5 amide bonds. The first-order valence-corrected chi connectivity index (χ1v) is 15.2. The summed E-state index contributed by atoms with van der Waals surface area (Å²) in [7, 11) is 0. The lowest BCUT2D eigenvalue weighted by atomic mass is 9.85. The second kappa shape index (κ2) is 9.32. The van der Waals surface area contributed by atoms with E-state index >= 15 is 0 Å². The molecule has 6 rings (SSSR count). The van der Waals surface area contributed by atoms with E-state index in [9.17, 15) is 24.4 Å². The number of likely N-dealkylation sites (tertiary alicyclic amines) is 2. The molecule has 6 aliphatic rings. The summed E-state index contributed by atoms with van der Waals surface area (Å²) < 4.78 is 5.75. The molecule has 0 aromatic carbocycles. The summed E-state index contributed by atoms with van der Waals surface area (Å²) in [6, 6.07) is -0.487. The van der Waals surface area contributed by atoms with Gasteiger partial charge < -0.3 is 30.5 Å². The predicted octanol–water partition coefficient (Wildman–Crippen LogP) is 1.53. The van der Waals surface area contributed by atoms with Gasteiger partial charge in [-0.15, -0.1) is 0 Å². The Kier molecular flexibility index (Phi) is 6.42. The lowest BCUT2D eigenvalue weighted by molar-refractivity contribution is -0.144. The molecule has 41 heavy (non-hydrogen) atoms. The first-order valence-electron chi connectivity index (χ1n) is 15.2. The quantitative estimate of drug-likeness (QED) is 0.443. The van der Waals surface area contributed by atoms with E-state index in [0.717, 1.165) is 32.3 Å². The Morgan fingerprint density at radius 1 is 1.17 bits per heavy atom. The van der Waals surface area contributed by atoms with Gasteiger partial charge in [0.2, 0.25) is 17.7 Å². The molecule has 6 fully saturated rings. The molecule has 7 atom stereocenters. The van der Waals surface area contributed by atoms with Crippen LogP contribution in [-0.4, -0.2) is 89.1 Å². The summed E-state index contributed by atoms with van der Waals surface area (Å²) in [5, 5.41) is 18.8. The van der Waals surface area contributed by atoms with Crippen molar-refractivity contribution in [2.75, 3.05) is 26.2 Å². The standard InChI is InChI=1S/C30H44N6O5/c1-27(2,3)22(33-26(40)35-10-8-30(16-35)9-11-41-30)25(39)36-15-19-20(28(19,4)5)21(36)24(38)32-18(14-31)12-17-13-29(6-7-29)34-23(17)37/h17-22H,6-13,15-16H2,1-5H3,(H,32,38)(H,33,40)(H,34,37)/t17-,18+,19+,20+,21+,22-,30?/m1/s1. The van der Waals surface area contributed by atoms with Crippen molar-refractivity contribution in [3.63, 3.8) is 0 Å². The molecular weight excluding hydrogens is 524 g/mol. The lowest BCUT2D eigenvalue weighted by Gasteiger charge is -2.39. The highest BCUT2D eigenvalue weighted by Gasteiger charge is 2.70. The Labute approximate surface area is 242 Å². The number of nitrogens with zero attached hydrogens (tertiary/aromatic N) is 3. The minimum Gasteiger partial charge on any atom is -0.373 e. The van der Waals surface area contributed by atoms with Crippen molar-refractivity contribution in [1.82, 2.24) is 25.8 Å². The van der Waals surface area contributed by atoms with Crippen LogP contribution in [0.15, 0.2) is 0 Å². The monoisotopic (exact) mass is 568 g/mol. The van der Waals surface area contributed by atoms with Crippen molar-refractivity contribution < 1.29 is 23.9 Å². The van der Waals surface area contributed by atoms with Gasteiger partial charge in [-0.1, -0.05) is 34.6 Å². The van der Waals surface area contributed by atoms with Crippen LogP contribution in [0, 0.1) is 39.9 Å².